The number of hydrogen-bond acceptors (Lipinski definition) is 4. The number of para-hydroxylation sites is 1. The molecule has 0 saturated heterocycles. The third-order valence-electron chi connectivity index (χ3n) is 6.03. The maximum Gasteiger partial charge on any atom is 0.281 e. The first-order valence-corrected chi connectivity index (χ1v) is 10.8. The lowest BCUT2D eigenvalue weighted by Gasteiger charge is -2.30. The molecule has 1 amide bonds. The molecule has 0 aliphatic heterocycles. The molecule has 0 spiro atoms. The van der Waals surface area contributed by atoms with Crippen LogP contribution in [0.15, 0.2) is 60.9 Å². The zero-order valence-corrected chi connectivity index (χ0v) is 17.3. The summed E-state index contributed by atoms with van der Waals surface area (Å²) in [6.07, 6.45) is 3.89. The second-order valence-corrected chi connectivity index (χ2v) is 8.15. The van der Waals surface area contributed by atoms with E-state index in [0.717, 1.165) is 36.9 Å². The van der Waals surface area contributed by atoms with Gasteiger partial charge in [-0.1, -0.05) is 24.3 Å². The van der Waals surface area contributed by atoms with Crippen LogP contribution in [0.5, 0.6) is 0 Å². The van der Waals surface area contributed by atoms with Gasteiger partial charge in [0.1, 0.15) is 17.2 Å². The van der Waals surface area contributed by atoms with E-state index in [1.54, 1.807) is 22.7 Å². The molecule has 164 valence electrons. The van der Waals surface area contributed by atoms with E-state index in [1.165, 1.54) is 6.20 Å². The van der Waals surface area contributed by atoms with Gasteiger partial charge in [-0.2, -0.15) is 0 Å². The zero-order chi connectivity index (χ0) is 22.1. The van der Waals surface area contributed by atoms with Crippen molar-refractivity contribution in [1.29, 1.82) is 0 Å². The van der Waals surface area contributed by atoms with Crippen molar-refractivity contribution in [3.8, 4) is 0 Å². The molecular weight excluding hydrogens is 412 g/mol. The Morgan fingerprint density at radius 1 is 1.00 bits per heavy atom. The maximum atomic E-state index is 13.0. The van der Waals surface area contributed by atoms with Gasteiger partial charge in [0.05, 0.1) is 11.1 Å². The Kier molecular flexibility index (Phi) is 5.43. The molecule has 0 bridgehead atoms. The zero-order valence-electron chi connectivity index (χ0n) is 17.3. The second-order valence-electron chi connectivity index (χ2n) is 8.15. The summed E-state index contributed by atoms with van der Waals surface area (Å²) in [5, 5.41) is 7.55. The standard InChI is InChI=1S/C24H23F2N5O/c25-23(26)19-14-31-20(7-2-8-21(31)30-19)28-16-9-11-17(12-10-16)29-24(32)18-6-1-4-15-5-3-13-27-22(15)18/h1-8,13-14,16-17,23,28H,9-12H2,(H,29,32). The van der Waals surface area contributed by atoms with E-state index in [4.69, 9.17) is 0 Å². The Hall–Kier alpha value is -3.55. The molecule has 8 heteroatoms. The number of anilines is 1. The molecule has 0 radical (unpaired) electrons. The van der Waals surface area contributed by atoms with E-state index >= 15 is 0 Å². The van der Waals surface area contributed by atoms with Gasteiger partial charge in [0.25, 0.3) is 12.3 Å². The number of pyridine rings is 2. The van der Waals surface area contributed by atoms with Crippen molar-refractivity contribution < 1.29 is 13.6 Å². The van der Waals surface area contributed by atoms with Crippen molar-refractivity contribution in [2.45, 2.75) is 44.2 Å². The lowest BCUT2D eigenvalue weighted by Crippen LogP contribution is -2.40. The first kappa shape index (κ1) is 20.4. The smallest absolute Gasteiger partial charge is 0.281 e. The van der Waals surface area contributed by atoms with Crippen LogP contribution in [0, 0.1) is 0 Å². The number of halogens is 2. The summed E-state index contributed by atoms with van der Waals surface area (Å²) in [4.78, 5) is 21.2. The molecule has 1 fully saturated rings. The van der Waals surface area contributed by atoms with E-state index in [-0.39, 0.29) is 23.7 Å². The highest BCUT2D eigenvalue weighted by Gasteiger charge is 2.24. The summed E-state index contributed by atoms with van der Waals surface area (Å²) in [7, 11) is 0. The number of carbonyl (C=O) groups excluding carboxylic acids is 1. The van der Waals surface area contributed by atoms with Crippen LogP contribution in [-0.2, 0) is 0 Å². The molecule has 0 unspecified atom stereocenters. The van der Waals surface area contributed by atoms with Gasteiger partial charge in [-0.25, -0.2) is 13.8 Å². The summed E-state index contributed by atoms with van der Waals surface area (Å²) in [6.45, 7) is 0. The average molecular weight is 435 g/mol. The van der Waals surface area contributed by atoms with Crippen LogP contribution in [0.4, 0.5) is 14.6 Å². The van der Waals surface area contributed by atoms with Crippen molar-refractivity contribution in [3.05, 3.63) is 72.2 Å². The van der Waals surface area contributed by atoms with Gasteiger partial charge in [0.15, 0.2) is 0 Å². The molecule has 0 atom stereocenters. The number of aromatic nitrogens is 3. The fourth-order valence-corrected chi connectivity index (χ4v) is 4.39. The van der Waals surface area contributed by atoms with Crippen molar-refractivity contribution >= 4 is 28.3 Å². The molecule has 1 aliphatic rings. The molecule has 3 aromatic heterocycles. The third-order valence-corrected chi connectivity index (χ3v) is 6.03. The highest BCUT2D eigenvalue weighted by atomic mass is 19.3. The molecule has 1 aliphatic carbocycles. The second kappa shape index (κ2) is 8.53. The Morgan fingerprint density at radius 2 is 1.75 bits per heavy atom. The van der Waals surface area contributed by atoms with Crippen LogP contribution >= 0.6 is 0 Å². The largest absolute Gasteiger partial charge is 0.368 e. The number of imidazole rings is 1. The van der Waals surface area contributed by atoms with E-state index in [1.807, 2.05) is 36.4 Å². The maximum absolute atomic E-state index is 13.0. The van der Waals surface area contributed by atoms with Gasteiger partial charge in [0, 0.05) is 29.9 Å². The summed E-state index contributed by atoms with van der Waals surface area (Å²) >= 11 is 0. The van der Waals surface area contributed by atoms with Crippen LogP contribution < -0.4 is 10.6 Å². The van der Waals surface area contributed by atoms with Crippen molar-refractivity contribution in [1.82, 2.24) is 19.7 Å². The van der Waals surface area contributed by atoms with Gasteiger partial charge in [-0.15, -0.1) is 0 Å². The number of amides is 1. The predicted molar refractivity (Wildman–Crippen MR) is 119 cm³/mol. The van der Waals surface area contributed by atoms with Gasteiger partial charge >= 0.3 is 0 Å². The summed E-state index contributed by atoms with van der Waals surface area (Å²) in [5.41, 5.74) is 1.56. The highest BCUT2D eigenvalue weighted by Crippen LogP contribution is 2.25. The number of rotatable bonds is 5. The molecule has 4 aromatic rings. The van der Waals surface area contributed by atoms with Crippen LogP contribution in [0.25, 0.3) is 16.6 Å². The first-order chi connectivity index (χ1) is 15.6. The monoisotopic (exact) mass is 435 g/mol. The number of carbonyl (C=O) groups is 1. The van der Waals surface area contributed by atoms with Crippen LogP contribution in [0.3, 0.4) is 0 Å². The highest BCUT2D eigenvalue weighted by molar-refractivity contribution is 6.05. The van der Waals surface area contributed by atoms with E-state index in [9.17, 15) is 13.6 Å². The number of alkyl halides is 2. The van der Waals surface area contributed by atoms with Crippen molar-refractivity contribution in [3.63, 3.8) is 0 Å². The van der Waals surface area contributed by atoms with E-state index < -0.39 is 6.43 Å². The minimum atomic E-state index is -2.60. The summed E-state index contributed by atoms with van der Waals surface area (Å²) in [6, 6.07) is 15.1. The van der Waals surface area contributed by atoms with Crippen molar-refractivity contribution in [2.75, 3.05) is 5.32 Å². The fraction of sp³-hybridized carbons (Fsp3) is 0.292. The lowest BCUT2D eigenvalue weighted by atomic mass is 9.91. The minimum Gasteiger partial charge on any atom is -0.368 e. The summed E-state index contributed by atoms with van der Waals surface area (Å²) in [5.74, 6) is 0.643. The van der Waals surface area contributed by atoms with E-state index in [0.29, 0.717) is 16.7 Å². The normalized spacial score (nSPS) is 18.8. The third kappa shape index (κ3) is 4.00. The van der Waals surface area contributed by atoms with Crippen LogP contribution in [0.2, 0.25) is 0 Å². The number of hydrogen-bond donors (Lipinski definition) is 2. The Morgan fingerprint density at radius 3 is 2.56 bits per heavy atom. The molecule has 3 heterocycles. The Bertz CT molecular complexity index is 1260. The quantitative estimate of drug-likeness (QED) is 0.464. The molecule has 32 heavy (non-hydrogen) atoms. The molecule has 5 rings (SSSR count). The molecule has 6 nitrogen and oxygen atoms in total. The predicted octanol–water partition coefficient (Wildman–Crippen LogP) is 4.97. The SMILES string of the molecule is O=C(NC1CCC(Nc2cccc3nc(C(F)F)cn23)CC1)c1cccc2cccnc12. The minimum absolute atomic E-state index is 0.0917. The van der Waals surface area contributed by atoms with Gasteiger partial charge in [-0.3, -0.25) is 14.2 Å². The lowest BCUT2D eigenvalue weighted by molar-refractivity contribution is 0.0928. The summed E-state index contributed by atoms with van der Waals surface area (Å²) < 4.78 is 27.7. The van der Waals surface area contributed by atoms with Gasteiger partial charge in [-0.05, 0) is 49.9 Å². The number of nitrogens with zero attached hydrogens (tertiary/aromatic N) is 3. The molecule has 1 saturated carbocycles. The number of fused-ring (bicyclic) bond motifs is 2. The van der Waals surface area contributed by atoms with Crippen LogP contribution in [-0.4, -0.2) is 32.4 Å². The molecule has 1 aromatic carbocycles. The molecule has 2 N–H and O–H groups in total. The topological polar surface area (TPSA) is 71.3 Å². The number of benzene rings is 1. The fourth-order valence-electron chi connectivity index (χ4n) is 4.39. The van der Waals surface area contributed by atoms with Crippen LogP contribution in [0.1, 0.15) is 48.2 Å². The molecular formula is C24H23F2N5O. The van der Waals surface area contributed by atoms with E-state index in [2.05, 4.69) is 20.6 Å². The van der Waals surface area contributed by atoms with Gasteiger partial charge < -0.3 is 10.6 Å². The average Bonchev–Trinajstić information content (AvgIpc) is 3.26. The Labute approximate surface area is 183 Å². The first-order valence-electron chi connectivity index (χ1n) is 10.8. The Balaban J connectivity index is 1.22. The van der Waals surface area contributed by atoms with Crippen molar-refractivity contribution in [2.24, 2.45) is 0 Å². The number of nitrogens with one attached hydrogen (secondary N) is 2. The van der Waals surface area contributed by atoms with Gasteiger partial charge in [0.2, 0.25) is 0 Å².